The lowest BCUT2D eigenvalue weighted by molar-refractivity contribution is 0.122. The lowest BCUT2D eigenvalue weighted by Gasteiger charge is -2.39. The van der Waals surface area contributed by atoms with Crippen LogP contribution in [0.25, 0.3) is 0 Å². The molecule has 4 rings (SSSR count). The molecule has 0 aliphatic carbocycles. The third-order valence-corrected chi connectivity index (χ3v) is 5.43. The van der Waals surface area contributed by atoms with Crippen LogP contribution < -0.4 is 14.7 Å². The predicted molar refractivity (Wildman–Crippen MR) is 108 cm³/mol. The molecule has 2 aromatic heterocycles. The number of aromatic nitrogens is 3. The molecule has 4 heterocycles. The minimum absolute atomic E-state index is 0.411. The van der Waals surface area contributed by atoms with E-state index in [9.17, 15) is 0 Å². The number of aryl methyl sites for hydroxylation is 1. The van der Waals surface area contributed by atoms with Crippen molar-refractivity contribution < 1.29 is 4.74 Å². The van der Waals surface area contributed by atoms with Gasteiger partial charge in [0.1, 0.15) is 11.6 Å². The van der Waals surface area contributed by atoms with Crippen molar-refractivity contribution in [1.29, 1.82) is 0 Å². The number of hydrogen-bond donors (Lipinski definition) is 0. The largest absolute Gasteiger partial charge is 0.378 e. The Morgan fingerprint density at radius 1 is 1.07 bits per heavy atom. The summed E-state index contributed by atoms with van der Waals surface area (Å²) in [7, 11) is 2.14. The molecule has 2 aliphatic rings. The fraction of sp³-hybridized carbons (Fsp3) is 0.550. The summed E-state index contributed by atoms with van der Waals surface area (Å²) in [5.41, 5.74) is 1.06. The van der Waals surface area contributed by atoms with Crippen molar-refractivity contribution in [3.05, 3.63) is 36.2 Å². The molecular formula is C20H28N6O. The normalized spacial score (nSPS) is 20.6. The van der Waals surface area contributed by atoms with Gasteiger partial charge in [0.25, 0.3) is 0 Å². The molecule has 1 unspecified atom stereocenters. The first-order valence-corrected chi connectivity index (χ1v) is 9.78. The van der Waals surface area contributed by atoms with Crippen LogP contribution in [0.5, 0.6) is 0 Å². The number of pyridine rings is 1. The highest BCUT2D eigenvalue weighted by molar-refractivity contribution is 5.46. The van der Waals surface area contributed by atoms with Crippen molar-refractivity contribution in [1.82, 2.24) is 15.0 Å². The van der Waals surface area contributed by atoms with Gasteiger partial charge in [0.2, 0.25) is 5.95 Å². The van der Waals surface area contributed by atoms with Crippen LogP contribution in [-0.4, -0.2) is 67.4 Å². The maximum atomic E-state index is 5.44. The molecule has 2 aromatic rings. The highest BCUT2D eigenvalue weighted by Gasteiger charge is 2.25. The van der Waals surface area contributed by atoms with Crippen molar-refractivity contribution >= 4 is 17.6 Å². The Morgan fingerprint density at radius 3 is 2.74 bits per heavy atom. The van der Waals surface area contributed by atoms with Crippen LogP contribution in [0.1, 0.15) is 18.5 Å². The average molecular weight is 368 g/mol. The highest BCUT2D eigenvalue weighted by atomic mass is 16.5. The molecule has 0 bridgehead atoms. The van der Waals surface area contributed by atoms with E-state index < -0.39 is 0 Å². The van der Waals surface area contributed by atoms with Crippen molar-refractivity contribution in [3.8, 4) is 0 Å². The summed E-state index contributed by atoms with van der Waals surface area (Å²) in [6, 6.07) is 8.66. The van der Waals surface area contributed by atoms with E-state index in [1.54, 1.807) is 0 Å². The van der Waals surface area contributed by atoms with E-state index >= 15 is 0 Å². The number of morpholine rings is 1. The number of hydrogen-bond acceptors (Lipinski definition) is 7. The second-order valence-corrected chi connectivity index (χ2v) is 7.30. The molecule has 1 atom stereocenters. The van der Waals surface area contributed by atoms with E-state index in [-0.39, 0.29) is 0 Å². The predicted octanol–water partition coefficient (Wildman–Crippen LogP) is 2.12. The fourth-order valence-electron chi connectivity index (χ4n) is 3.82. The van der Waals surface area contributed by atoms with Gasteiger partial charge in [-0.2, -0.15) is 4.98 Å². The zero-order valence-electron chi connectivity index (χ0n) is 16.2. The molecule has 7 nitrogen and oxygen atoms in total. The number of rotatable bonds is 4. The molecule has 7 heteroatoms. The lowest BCUT2D eigenvalue weighted by atomic mass is 10.0. The van der Waals surface area contributed by atoms with E-state index in [1.807, 2.05) is 25.3 Å². The average Bonchev–Trinajstić information content (AvgIpc) is 2.74. The van der Waals surface area contributed by atoms with E-state index in [1.165, 1.54) is 0 Å². The van der Waals surface area contributed by atoms with Crippen LogP contribution >= 0.6 is 0 Å². The first-order chi connectivity index (χ1) is 13.2. The number of nitrogens with zero attached hydrogens (tertiary/aromatic N) is 6. The Bertz CT molecular complexity index is 764. The minimum Gasteiger partial charge on any atom is -0.378 e. The maximum absolute atomic E-state index is 5.44. The Labute approximate surface area is 161 Å². The SMILES string of the molecule is Cc1cccc(N2CCCC(N(C)c3ccnc(N4CCOCC4)n3)C2)n1. The third-order valence-electron chi connectivity index (χ3n) is 5.43. The standard InChI is InChI=1S/C20H28N6O/c1-16-5-3-7-19(22-16)26-10-4-6-17(15-26)24(2)18-8-9-21-20(23-18)25-11-13-27-14-12-25/h3,5,7-9,17H,4,6,10-15H2,1-2H3. The van der Waals surface area contributed by atoms with E-state index in [4.69, 9.17) is 14.7 Å². The summed E-state index contributed by atoms with van der Waals surface area (Å²) < 4.78 is 5.44. The summed E-state index contributed by atoms with van der Waals surface area (Å²) in [4.78, 5) is 20.9. The lowest BCUT2D eigenvalue weighted by Crippen LogP contribution is -2.47. The van der Waals surface area contributed by atoms with Crippen LogP contribution in [0.4, 0.5) is 17.6 Å². The zero-order valence-corrected chi connectivity index (χ0v) is 16.2. The first-order valence-electron chi connectivity index (χ1n) is 9.78. The zero-order chi connectivity index (χ0) is 18.6. The molecule has 27 heavy (non-hydrogen) atoms. The number of anilines is 3. The van der Waals surface area contributed by atoms with E-state index in [0.29, 0.717) is 6.04 Å². The van der Waals surface area contributed by atoms with Crippen molar-refractivity contribution in [2.45, 2.75) is 25.8 Å². The molecule has 0 aromatic carbocycles. The fourth-order valence-corrected chi connectivity index (χ4v) is 3.82. The van der Waals surface area contributed by atoms with Crippen LogP contribution in [0.15, 0.2) is 30.5 Å². The van der Waals surface area contributed by atoms with E-state index in [2.05, 4.69) is 38.9 Å². The van der Waals surface area contributed by atoms with Crippen molar-refractivity contribution in [2.75, 3.05) is 61.1 Å². The topological polar surface area (TPSA) is 57.6 Å². The Hall–Kier alpha value is -2.41. The van der Waals surface area contributed by atoms with Gasteiger partial charge in [-0.1, -0.05) is 6.07 Å². The van der Waals surface area contributed by atoms with Gasteiger partial charge in [0, 0.05) is 51.2 Å². The number of piperidine rings is 1. The Balaban J connectivity index is 1.48. The Kier molecular flexibility index (Phi) is 5.38. The summed E-state index contributed by atoms with van der Waals surface area (Å²) in [6.07, 6.45) is 4.19. The second-order valence-electron chi connectivity index (χ2n) is 7.30. The van der Waals surface area contributed by atoms with Gasteiger partial charge in [0.15, 0.2) is 0 Å². The van der Waals surface area contributed by atoms with E-state index in [0.717, 1.165) is 75.5 Å². The summed E-state index contributed by atoms with van der Waals surface area (Å²) in [5, 5.41) is 0. The van der Waals surface area contributed by atoms with Crippen molar-refractivity contribution in [3.63, 3.8) is 0 Å². The second kappa shape index (κ2) is 8.08. The third kappa shape index (κ3) is 4.13. The number of ether oxygens (including phenoxy) is 1. The summed E-state index contributed by atoms with van der Waals surface area (Å²) >= 11 is 0. The van der Waals surface area contributed by atoms with Gasteiger partial charge in [0.05, 0.1) is 13.2 Å². The molecule has 0 N–H and O–H groups in total. The van der Waals surface area contributed by atoms with Crippen LogP contribution in [0.2, 0.25) is 0 Å². The smallest absolute Gasteiger partial charge is 0.227 e. The van der Waals surface area contributed by atoms with Gasteiger partial charge in [-0.3, -0.25) is 0 Å². The quantitative estimate of drug-likeness (QED) is 0.819. The molecule has 0 spiro atoms. The summed E-state index contributed by atoms with van der Waals surface area (Å²) in [6.45, 7) is 7.25. The Morgan fingerprint density at radius 2 is 1.93 bits per heavy atom. The molecule has 0 radical (unpaired) electrons. The highest BCUT2D eigenvalue weighted by Crippen LogP contribution is 2.24. The van der Waals surface area contributed by atoms with Gasteiger partial charge in [-0.25, -0.2) is 9.97 Å². The van der Waals surface area contributed by atoms with Gasteiger partial charge in [-0.05, 0) is 38.0 Å². The van der Waals surface area contributed by atoms with Crippen LogP contribution in [0, 0.1) is 6.92 Å². The minimum atomic E-state index is 0.411. The molecule has 0 saturated carbocycles. The van der Waals surface area contributed by atoms with Crippen molar-refractivity contribution in [2.24, 2.45) is 0 Å². The van der Waals surface area contributed by atoms with Gasteiger partial charge in [-0.15, -0.1) is 0 Å². The van der Waals surface area contributed by atoms with Crippen LogP contribution in [-0.2, 0) is 4.74 Å². The molecule has 144 valence electrons. The molecule has 2 fully saturated rings. The molecule has 2 aliphatic heterocycles. The summed E-state index contributed by atoms with van der Waals surface area (Å²) in [5.74, 6) is 2.86. The van der Waals surface area contributed by atoms with Gasteiger partial charge < -0.3 is 19.4 Å². The van der Waals surface area contributed by atoms with Gasteiger partial charge >= 0.3 is 0 Å². The van der Waals surface area contributed by atoms with Crippen LogP contribution in [0.3, 0.4) is 0 Å². The first kappa shape index (κ1) is 18.0. The monoisotopic (exact) mass is 368 g/mol. The number of likely N-dealkylation sites (N-methyl/N-ethyl adjacent to an activating group) is 1. The molecule has 2 saturated heterocycles. The maximum Gasteiger partial charge on any atom is 0.227 e. The molecule has 0 amide bonds. The molecular weight excluding hydrogens is 340 g/mol.